The standard InChI is InChI=1S/C69H126O6/c1-4-7-10-13-16-19-22-25-27-29-31-32-33-34-35-36-38-39-41-44-47-50-53-56-59-62-68(71)74-65-66(64-73-67(70)61-58-55-52-49-46-43-24-21-18-15-12-9-6-3)75-69(72)63-60-57-54-51-48-45-42-40-37-30-28-26-23-20-17-14-11-8-5-2/h9,12,18,21,29,31,43,46,66H,4-8,10-11,13-17,19-20,22-28,30,32-42,44-45,47-65H2,1-3H3/b12-9-,21-18-,31-29-,46-43-. The van der Waals surface area contributed by atoms with E-state index in [4.69, 9.17) is 14.2 Å². The second-order valence-corrected chi connectivity index (χ2v) is 22.4. The van der Waals surface area contributed by atoms with E-state index in [1.807, 2.05) is 0 Å². The lowest BCUT2D eigenvalue weighted by atomic mass is 10.0. The summed E-state index contributed by atoms with van der Waals surface area (Å²) in [5.41, 5.74) is 0. The maximum atomic E-state index is 12.9. The fraction of sp³-hybridized carbons (Fsp3) is 0.841. The van der Waals surface area contributed by atoms with Gasteiger partial charge in [-0.15, -0.1) is 0 Å². The summed E-state index contributed by atoms with van der Waals surface area (Å²) >= 11 is 0. The SMILES string of the molecule is CC/C=C\C/C=C\C/C=C\CCCCCC(=O)OCC(COC(=O)CCCCCCCCCCCCCCC/C=C\CCCCCCCCCC)OC(=O)CCCCCCCCCCCCCCCCCCCCC. The summed E-state index contributed by atoms with van der Waals surface area (Å²) in [7, 11) is 0. The number of carbonyl (C=O) groups excluding carboxylic acids is 3. The van der Waals surface area contributed by atoms with E-state index < -0.39 is 6.10 Å². The number of esters is 3. The van der Waals surface area contributed by atoms with Gasteiger partial charge in [0, 0.05) is 19.3 Å². The first-order valence-corrected chi connectivity index (χ1v) is 33.1. The van der Waals surface area contributed by atoms with Crippen molar-refractivity contribution in [3.63, 3.8) is 0 Å². The van der Waals surface area contributed by atoms with Crippen LogP contribution < -0.4 is 0 Å². The van der Waals surface area contributed by atoms with Gasteiger partial charge in [0.2, 0.25) is 0 Å². The van der Waals surface area contributed by atoms with E-state index in [1.165, 1.54) is 231 Å². The van der Waals surface area contributed by atoms with Crippen molar-refractivity contribution in [2.45, 2.75) is 361 Å². The summed E-state index contributed by atoms with van der Waals surface area (Å²) in [5, 5.41) is 0. The minimum atomic E-state index is -0.783. The summed E-state index contributed by atoms with van der Waals surface area (Å²) in [6.07, 6.45) is 79.9. The third kappa shape index (κ3) is 62.1. The number of allylic oxidation sites excluding steroid dienone is 8. The molecule has 0 aliphatic carbocycles. The van der Waals surface area contributed by atoms with Crippen LogP contribution in [0.25, 0.3) is 0 Å². The van der Waals surface area contributed by atoms with Crippen molar-refractivity contribution in [2.24, 2.45) is 0 Å². The van der Waals surface area contributed by atoms with Crippen molar-refractivity contribution in [3.05, 3.63) is 48.6 Å². The maximum Gasteiger partial charge on any atom is 0.306 e. The molecule has 0 aromatic rings. The Balaban J connectivity index is 4.26. The van der Waals surface area contributed by atoms with Gasteiger partial charge in [0.1, 0.15) is 13.2 Å². The van der Waals surface area contributed by atoms with Gasteiger partial charge in [-0.3, -0.25) is 14.4 Å². The molecule has 0 heterocycles. The lowest BCUT2D eigenvalue weighted by Gasteiger charge is -2.18. The van der Waals surface area contributed by atoms with Gasteiger partial charge in [-0.25, -0.2) is 0 Å². The third-order valence-electron chi connectivity index (χ3n) is 14.8. The van der Waals surface area contributed by atoms with Gasteiger partial charge >= 0.3 is 17.9 Å². The summed E-state index contributed by atoms with van der Waals surface area (Å²) in [5.74, 6) is -0.887. The highest BCUT2D eigenvalue weighted by atomic mass is 16.6. The van der Waals surface area contributed by atoms with Gasteiger partial charge in [-0.1, -0.05) is 307 Å². The molecule has 1 atom stereocenters. The van der Waals surface area contributed by atoms with E-state index in [-0.39, 0.29) is 31.1 Å². The molecule has 0 aliphatic rings. The minimum Gasteiger partial charge on any atom is -0.462 e. The first-order chi connectivity index (χ1) is 37.0. The summed E-state index contributed by atoms with van der Waals surface area (Å²) < 4.78 is 16.9. The third-order valence-corrected chi connectivity index (χ3v) is 14.8. The van der Waals surface area contributed by atoms with E-state index in [2.05, 4.69) is 69.4 Å². The highest BCUT2D eigenvalue weighted by molar-refractivity contribution is 5.71. The fourth-order valence-corrected chi connectivity index (χ4v) is 9.87. The molecule has 438 valence electrons. The van der Waals surface area contributed by atoms with Crippen molar-refractivity contribution in [1.82, 2.24) is 0 Å². The Hall–Kier alpha value is -2.63. The molecule has 0 saturated heterocycles. The summed E-state index contributed by atoms with van der Waals surface area (Å²) in [4.78, 5) is 38.3. The van der Waals surface area contributed by atoms with Crippen LogP contribution in [-0.4, -0.2) is 37.2 Å². The molecule has 0 rings (SSSR count). The lowest BCUT2D eigenvalue weighted by molar-refractivity contribution is -0.167. The molecule has 0 N–H and O–H groups in total. The number of ether oxygens (including phenoxy) is 3. The molecule has 0 aromatic heterocycles. The Kier molecular flexibility index (Phi) is 61.7. The molecule has 6 nitrogen and oxygen atoms in total. The smallest absolute Gasteiger partial charge is 0.306 e. The maximum absolute atomic E-state index is 12.9. The van der Waals surface area contributed by atoms with Gasteiger partial charge in [-0.2, -0.15) is 0 Å². The first kappa shape index (κ1) is 72.4. The van der Waals surface area contributed by atoms with Crippen LogP contribution in [0.15, 0.2) is 48.6 Å². The van der Waals surface area contributed by atoms with Gasteiger partial charge in [0.15, 0.2) is 6.10 Å². The highest BCUT2D eigenvalue weighted by Crippen LogP contribution is 2.18. The molecule has 75 heavy (non-hydrogen) atoms. The van der Waals surface area contributed by atoms with E-state index in [9.17, 15) is 14.4 Å². The van der Waals surface area contributed by atoms with Crippen LogP contribution in [0, 0.1) is 0 Å². The Bertz CT molecular complexity index is 1300. The number of rotatable bonds is 61. The average molecular weight is 1050 g/mol. The monoisotopic (exact) mass is 1050 g/mol. The first-order valence-electron chi connectivity index (χ1n) is 33.1. The summed E-state index contributed by atoms with van der Waals surface area (Å²) in [6, 6.07) is 0. The van der Waals surface area contributed by atoms with Gasteiger partial charge < -0.3 is 14.2 Å². The Morgan fingerprint density at radius 3 is 0.840 bits per heavy atom. The lowest BCUT2D eigenvalue weighted by Crippen LogP contribution is -2.30. The van der Waals surface area contributed by atoms with E-state index >= 15 is 0 Å². The molecule has 0 spiro atoms. The zero-order valence-corrected chi connectivity index (χ0v) is 50.3. The largest absolute Gasteiger partial charge is 0.462 e. The molecule has 6 heteroatoms. The van der Waals surface area contributed by atoms with Crippen LogP contribution in [0.1, 0.15) is 355 Å². The second kappa shape index (κ2) is 63.9. The van der Waals surface area contributed by atoms with Gasteiger partial charge in [0.05, 0.1) is 0 Å². The van der Waals surface area contributed by atoms with Crippen LogP contribution in [0.3, 0.4) is 0 Å². The van der Waals surface area contributed by atoms with Crippen molar-refractivity contribution in [3.8, 4) is 0 Å². The van der Waals surface area contributed by atoms with Crippen LogP contribution in [-0.2, 0) is 28.6 Å². The summed E-state index contributed by atoms with van der Waals surface area (Å²) in [6.45, 7) is 6.56. The molecule has 0 radical (unpaired) electrons. The van der Waals surface area contributed by atoms with Gasteiger partial charge in [0.25, 0.3) is 0 Å². The minimum absolute atomic E-state index is 0.0786. The molecule has 0 fully saturated rings. The number of unbranched alkanes of at least 4 members (excludes halogenated alkanes) is 42. The van der Waals surface area contributed by atoms with Crippen molar-refractivity contribution in [2.75, 3.05) is 13.2 Å². The van der Waals surface area contributed by atoms with E-state index in [0.29, 0.717) is 19.3 Å². The Labute approximate surface area is 467 Å². The predicted octanol–water partition coefficient (Wildman–Crippen LogP) is 22.6. The molecule has 0 bridgehead atoms. The predicted molar refractivity (Wildman–Crippen MR) is 325 cm³/mol. The molecule has 0 aromatic carbocycles. The topological polar surface area (TPSA) is 78.9 Å². The van der Waals surface area contributed by atoms with E-state index in [0.717, 1.165) is 83.5 Å². The van der Waals surface area contributed by atoms with E-state index in [1.54, 1.807) is 0 Å². The Morgan fingerprint density at radius 1 is 0.280 bits per heavy atom. The number of hydrogen-bond donors (Lipinski definition) is 0. The number of hydrogen-bond acceptors (Lipinski definition) is 6. The molecular weight excluding hydrogens is 925 g/mol. The zero-order chi connectivity index (χ0) is 54.3. The highest BCUT2D eigenvalue weighted by Gasteiger charge is 2.19. The van der Waals surface area contributed by atoms with Gasteiger partial charge in [-0.05, 0) is 77.0 Å². The molecule has 1 unspecified atom stereocenters. The van der Waals surface area contributed by atoms with Crippen LogP contribution in [0.5, 0.6) is 0 Å². The molecule has 0 saturated carbocycles. The average Bonchev–Trinajstić information content (AvgIpc) is 3.41. The quantitative estimate of drug-likeness (QED) is 0.0261. The van der Waals surface area contributed by atoms with Crippen LogP contribution in [0.2, 0.25) is 0 Å². The van der Waals surface area contributed by atoms with Crippen LogP contribution in [0.4, 0.5) is 0 Å². The van der Waals surface area contributed by atoms with Crippen molar-refractivity contribution < 1.29 is 28.6 Å². The van der Waals surface area contributed by atoms with Crippen molar-refractivity contribution >= 4 is 17.9 Å². The fourth-order valence-electron chi connectivity index (χ4n) is 9.87. The second-order valence-electron chi connectivity index (χ2n) is 22.4. The van der Waals surface area contributed by atoms with Crippen molar-refractivity contribution in [1.29, 1.82) is 0 Å². The number of carbonyl (C=O) groups is 3. The molecule has 0 amide bonds. The molecular formula is C69H126O6. The normalized spacial score (nSPS) is 12.3. The van der Waals surface area contributed by atoms with Crippen LogP contribution >= 0.6 is 0 Å². The Morgan fingerprint density at radius 2 is 0.520 bits per heavy atom. The zero-order valence-electron chi connectivity index (χ0n) is 50.3. The molecule has 0 aliphatic heterocycles.